The molecule has 4 N–H and O–H groups in total. The molecule has 3 aromatic rings. The average molecular weight is 550 g/mol. The lowest BCUT2D eigenvalue weighted by molar-refractivity contribution is -0.129. The smallest absolute Gasteiger partial charge is 0.320 e. The molecule has 0 aromatic heterocycles. The first-order valence-corrected chi connectivity index (χ1v) is 14.6. The molecular weight excluding hydrogens is 514 g/mol. The molecule has 8 rings (SSSR count). The van der Waals surface area contributed by atoms with Crippen LogP contribution in [0.15, 0.2) is 78.9 Å². The van der Waals surface area contributed by atoms with E-state index in [0.29, 0.717) is 35.0 Å². The van der Waals surface area contributed by atoms with E-state index >= 15 is 0 Å². The number of hydrogen-bond donors (Lipinski definition) is 3. The lowest BCUT2D eigenvalue weighted by Crippen LogP contribution is -2.58. The van der Waals surface area contributed by atoms with E-state index in [1.54, 1.807) is 34.1 Å². The summed E-state index contributed by atoms with van der Waals surface area (Å²) in [4.78, 5) is 45.4. The molecule has 3 aromatic carbocycles. The molecule has 0 saturated heterocycles. The fourth-order valence-electron chi connectivity index (χ4n) is 8.37. The SMILES string of the molecule is Nc1cccc(NC(=O)NC2C(=O)N(CC34CC5CC(CC(C5)C3)C4)c3ccccc3N(c3ccccc3)C2=O)c1. The van der Waals surface area contributed by atoms with Crippen molar-refractivity contribution in [3.05, 3.63) is 78.9 Å². The van der Waals surface area contributed by atoms with E-state index in [9.17, 15) is 14.4 Å². The minimum absolute atomic E-state index is 0.0386. The number of carbonyl (C=O) groups is 3. The monoisotopic (exact) mass is 549 g/mol. The number of rotatable bonds is 5. The first-order chi connectivity index (χ1) is 19.9. The molecule has 5 aliphatic rings. The molecular formula is C33H35N5O3. The summed E-state index contributed by atoms with van der Waals surface area (Å²) < 4.78 is 0. The minimum atomic E-state index is -1.41. The molecule has 1 unspecified atom stereocenters. The molecule has 8 nitrogen and oxygen atoms in total. The first kappa shape index (κ1) is 25.6. The van der Waals surface area contributed by atoms with Gasteiger partial charge in [0.15, 0.2) is 6.04 Å². The van der Waals surface area contributed by atoms with Gasteiger partial charge in [-0.25, -0.2) is 4.79 Å². The topological polar surface area (TPSA) is 108 Å². The van der Waals surface area contributed by atoms with E-state index in [-0.39, 0.29) is 5.41 Å². The third-order valence-electron chi connectivity index (χ3n) is 9.49. The zero-order valence-corrected chi connectivity index (χ0v) is 23.0. The second-order valence-electron chi connectivity index (χ2n) is 12.5. The summed E-state index contributed by atoms with van der Waals surface area (Å²) in [7, 11) is 0. The number of nitrogen functional groups attached to an aromatic ring is 1. The Labute approximate surface area is 239 Å². The fraction of sp³-hybridized carbons (Fsp3) is 0.364. The molecule has 4 saturated carbocycles. The summed E-state index contributed by atoms with van der Waals surface area (Å²) >= 11 is 0. The van der Waals surface area contributed by atoms with Gasteiger partial charge in [-0.3, -0.25) is 14.5 Å². The van der Waals surface area contributed by atoms with Crippen LogP contribution in [0.3, 0.4) is 0 Å². The minimum Gasteiger partial charge on any atom is -0.399 e. The van der Waals surface area contributed by atoms with Crippen molar-refractivity contribution in [1.82, 2.24) is 5.32 Å². The van der Waals surface area contributed by atoms with Gasteiger partial charge in [0.05, 0.1) is 11.4 Å². The predicted molar refractivity (Wildman–Crippen MR) is 160 cm³/mol. The van der Waals surface area contributed by atoms with E-state index in [4.69, 9.17) is 5.73 Å². The van der Waals surface area contributed by atoms with Crippen LogP contribution in [0, 0.1) is 23.2 Å². The standard InChI is InChI=1S/C33H35N5O3/c34-24-7-6-8-25(16-24)35-32(41)36-29-30(39)37(20-33-17-21-13-22(18-33)15-23(14-21)19-33)27-11-4-5-12-28(27)38(31(29)40)26-9-2-1-3-10-26/h1-12,16,21-23,29H,13-15,17-20,34H2,(H2,35,36,41). The van der Waals surface area contributed by atoms with Crippen LogP contribution in [-0.4, -0.2) is 30.4 Å². The van der Waals surface area contributed by atoms with Crippen molar-refractivity contribution in [1.29, 1.82) is 0 Å². The quantitative estimate of drug-likeness (QED) is 0.281. The van der Waals surface area contributed by atoms with Gasteiger partial charge in [0.2, 0.25) is 0 Å². The van der Waals surface area contributed by atoms with E-state index < -0.39 is 23.9 Å². The van der Waals surface area contributed by atoms with Gasteiger partial charge in [-0.15, -0.1) is 0 Å². The highest BCUT2D eigenvalue weighted by Crippen LogP contribution is 2.60. The van der Waals surface area contributed by atoms with Crippen LogP contribution < -0.4 is 26.2 Å². The number of nitrogens with one attached hydrogen (secondary N) is 2. The van der Waals surface area contributed by atoms with Crippen LogP contribution in [0.25, 0.3) is 0 Å². The number of nitrogens with two attached hydrogens (primary N) is 1. The average Bonchev–Trinajstić information content (AvgIpc) is 3.02. The molecule has 4 amide bonds. The molecule has 8 heteroatoms. The number of benzene rings is 3. The maximum absolute atomic E-state index is 14.5. The maximum atomic E-state index is 14.5. The number of para-hydroxylation sites is 3. The molecule has 4 aliphatic carbocycles. The zero-order valence-electron chi connectivity index (χ0n) is 23.0. The van der Waals surface area contributed by atoms with Crippen molar-refractivity contribution >= 4 is 46.3 Å². The van der Waals surface area contributed by atoms with Crippen molar-refractivity contribution in [3.63, 3.8) is 0 Å². The second-order valence-corrected chi connectivity index (χ2v) is 12.5. The van der Waals surface area contributed by atoms with Gasteiger partial charge >= 0.3 is 6.03 Å². The number of carbonyl (C=O) groups excluding carboxylic acids is 3. The van der Waals surface area contributed by atoms with E-state index in [1.165, 1.54) is 19.3 Å². The molecule has 41 heavy (non-hydrogen) atoms. The summed E-state index contributed by atoms with van der Waals surface area (Å²) in [5, 5.41) is 5.46. The van der Waals surface area contributed by atoms with Crippen LogP contribution in [0.2, 0.25) is 0 Å². The van der Waals surface area contributed by atoms with Crippen LogP contribution in [0.1, 0.15) is 38.5 Å². The summed E-state index contributed by atoms with van der Waals surface area (Å²) in [6, 6.07) is 21.6. The van der Waals surface area contributed by atoms with Crippen molar-refractivity contribution in [2.24, 2.45) is 23.2 Å². The van der Waals surface area contributed by atoms with Gasteiger partial charge in [-0.2, -0.15) is 0 Å². The summed E-state index contributed by atoms with van der Waals surface area (Å²) in [5.74, 6) is 1.26. The highest BCUT2D eigenvalue weighted by Gasteiger charge is 2.53. The lowest BCUT2D eigenvalue weighted by atomic mass is 9.49. The lowest BCUT2D eigenvalue weighted by Gasteiger charge is -2.57. The van der Waals surface area contributed by atoms with Crippen LogP contribution in [0.5, 0.6) is 0 Å². The maximum Gasteiger partial charge on any atom is 0.320 e. The van der Waals surface area contributed by atoms with Crippen molar-refractivity contribution in [2.45, 2.75) is 44.6 Å². The number of anilines is 5. The summed E-state index contributed by atoms with van der Waals surface area (Å²) in [6.07, 6.45) is 7.27. The Bertz CT molecular complexity index is 1470. The molecule has 4 bridgehead atoms. The predicted octanol–water partition coefficient (Wildman–Crippen LogP) is 5.69. The molecule has 4 fully saturated rings. The Balaban J connectivity index is 1.27. The first-order valence-electron chi connectivity index (χ1n) is 14.6. The van der Waals surface area contributed by atoms with Gasteiger partial charge in [0, 0.05) is 23.6 Å². The number of fused-ring (bicyclic) bond motifs is 1. The Kier molecular flexibility index (Phi) is 6.21. The Morgan fingerprint density at radius 1 is 0.805 bits per heavy atom. The van der Waals surface area contributed by atoms with Crippen LogP contribution in [-0.2, 0) is 9.59 Å². The number of hydrogen-bond acceptors (Lipinski definition) is 4. The largest absolute Gasteiger partial charge is 0.399 e. The van der Waals surface area contributed by atoms with Crippen molar-refractivity contribution in [2.75, 3.05) is 27.4 Å². The van der Waals surface area contributed by atoms with E-state index in [2.05, 4.69) is 10.6 Å². The third-order valence-corrected chi connectivity index (χ3v) is 9.49. The zero-order chi connectivity index (χ0) is 28.1. The number of amides is 4. The molecule has 0 spiro atoms. The Morgan fingerprint density at radius 3 is 2.10 bits per heavy atom. The highest BCUT2D eigenvalue weighted by molar-refractivity contribution is 6.24. The Morgan fingerprint density at radius 2 is 1.44 bits per heavy atom. The normalized spacial score (nSPS) is 28.3. The summed E-state index contributed by atoms with van der Waals surface area (Å²) in [6.45, 7) is 0.553. The molecule has 1 heterocycles. The van der Waals surface area contributed by atoms with Gasteiger partial charge < -0.3 is 21.3 Å². The van der Waals surface area contributed by atoms with Gasteiger partial charge in [-0.1, -0.05) is 36.4 Å². The van der Waals surface area contributed by atoms with E-state index in [0.717, 1.165) is 37.0 Å². The molecule has 210 valence electrons. The van der Waals surface area contributed by atoms with Crippen molar-refractivity contribution < 1.29 is 14.4 Å². The van der Waals surface area contributed by atoms with Gasteiger partial charge in [0.1, 0.15) is 0 Å². The fourth-order valence-corrected chi connectivity index (χ4v) is 8.37. The molecule has 0 radical (unpaired) electrons. The third kappa shape index (κ3) is 4.71. The number of nitrogens with zero attached hydrogens (tertiary/aromatic N) is 2. The van der Waals surface area contributed by atoms with Crippen LogP contribution in [0.4, 0.5) is 33.2 Å². The van der Waals surface area contributed by atoms with E-state index in [1.807, 2.05) is 54.6 Å². The Hall–Kier alpha value is -4.33. The van der Waals surface area contributed by atoms with Gasteiger partial charge in [0.25, 0.3) is 11.8 Å². The van der Waals surface area contributed by atoms with Crippen molar-refractivity contribution in [3.8, 4) is 0 Å². The van der Waals surface area contributed by atoms with Gasteiger partial charge in [-0.05, 0) is 104 Å². The summed E-state index contributed by atoms with van der Waals surface area (Å²) in [5.41, 5.74) is 8.87. The molecule has 1 aliphatic heterocycles. The second kappa shape index (κ2) is 9.94. The number of urea groups is 1. The van der Waals surface area contributed by atoms with Crippen LogP contribution >= 0.6 is 0 Å². The highest BCUT2D eigenvalue weighted by atomic mass is 16.2. The molecule has 1 atom stereocenters.